The molecule has 188 valence electrons. The first-order chi connectivity index (χ1) is 15.3. The van der Waals surface area contributed by atoms with E-state index in [0.717, 1.165) is 6.54 Å². The van der Waals surface area contributed by atoms with Crippen LogP contribution in [0.5, 0.6) is 0 Å². The van der Waals surface area contributed by atoms with Crippen molar-refractivity contribution in [3.05, 3.63) is 49.1 Å². The molecule has 0 atom stereocenters. The van der Waals surface area contributed by atoms with Gasteiger partial charge in [0.05, 0.1) is 0 Å². The zero-order valence-electron chi connectivity index (χ0n) is 21.3. The normalized spacial score (nSPS) is 10.5. The van der Waals surface area contributed by atoms with Crippen molar-refractivity contribution < 1.29 is 50.1 Å². The molecule has 0 amide bonds. The average molecular weight is 632 g/mol. The number of unbranched alkanes of at least 4 members (excludes halogenated alkanes) is 15. The topological polar surface area (TPSA) is 7.76 Å². The van der Waals surface area contributed by atoms with Crippen molar-refractivity contribution in [2.45, 2.75) is 116 Å². The van der Waals surface area contributed by atoms with Crippen LogP contribution in [0.15, 0.2) is 49.1 Å². The van der Waals surface area contributed by atoms with E-state index in [-0.39, 0.29) is 41.0 Å². The Morgan fingerprint density at radius 3 is 1.24 bits per heavy atom. The van der Waals surface area contributed by atoms with Crippen LogP contribution in [-0.2, 0) is 13.6 Å². The average Bonchev–Trinajstić information content (AvgIpc) is 2.80. The molecular weight excluding hydrogens is 583 g/mol. The van der Waals surface area contributed by atoms with Crippen LogP contribution < -0.4 is 50.1 Å². The standard InChI is InChI=1S/C29H48N2.BrH.HI/c1-3-4-5-6-7-8-9-10-11-12-13-14-15-16-17-18-23-31-26-21-29(22-27-31)28-19-24-30(2)25-20-28;;/h19-22,24-27H,3-18,23H2,1-2H3;2*1H/q+2;;/p-2. The van der Waals surface area contributed by atoms with Gasteiger partial charge in [-0.05, 0) is 17.5 Å². The highest BCUT2D eigenvalue weighted by Gasteiger charge is 2.04. The SMILES string of the molecule is CCCCCCCCCCCCCCCCCC[n+]1ccc(-c2cc[n+](C)cc2)cc1.[Br-].[I-]. The van der Waals surface area contributed by atoms with Crippen LogP contribution in [0.2, 0.25) is 0 Å². The second kappa shape index (κ2) is 22.0. The molecule has 33 heavy (non-hydrogen) atoms. The molecule has 2 nitrogen and oxygen atoms in total. The van der Waals surface area contributed by atoms with Gasteiger partial charge < -0.3 is 41.0 Å². The van der Waals surface area contributed by atoms with Gasteiger partial charge in [0.2, 0.25) is 0 Å². The van der Waals surface area contributed by atoms with E-state index < -0.39 is 0 Å². The van der Waals surface area contributed by atoms with Gasteiger partial charge >= 0.3 is 0 Å². The molecule has 0 radical (unpaired) electrons. The summed E-state index contributed by atoms with van der Waals surface area (Å²) in [6.07, 6.45) is 31.5. The molecule has 0 spiro atoms. The van der Waals surface area contributed by atoms with Crippen molar-refractivity contribution in [3.63, 3.8) is 0 Å². The lowest BCUT2D eigenvalue weighted by atomic mass is 10.0. The van der Waals surface area contributed by atoms with Gasteiger partial charge in [-0.3, -0.25) is 0 Å². The fourth-order valence-corrected chi connectivity index (χ4v) is 4.33. The fourth-order valence-electron chi connectivity index (χ4n) is 4.33. The molecule has 0 bridgehead atoms. The zero-order chi connectivity index (χ0) is 22.0. The van der Waals surface area contributed by atoms with Gasteiger partial charge in [-0.1, -0.05) is 96.8 Å². The van der Waals surface area contributed by atoms with Crippen LogP contribution in [0.3, 0.4) is 0 Å². The maximum Gasteiger partial charge on any atom is 0.169 e. The number of nitrogens with zero attached hydrogens (tertiary/aromatic N) is 2. The van der Waals surface area contributed by atoms with E-state index in [2.05, 4.69) is 72.2 Å². The highest BCUT2D eigenvalue weighted by Crippen LogP contribution is 2.16. The van der Waals surface area contributed by atoms with E-state index in [1.54, 1.807) is 0 Å². The lowest BCUT2D eigenvalue weighted by molar-refractivity contribution is -0.697. The minimum Gasteiger partial charge on any atom is -1.00 e. The number of hydrogen-bond acceptors (Lipinski definition) is 0. The van der Waals surface area contributed by atoms with Crippen molar-refractivity contribution >= 4 is 0 Å². The van der Waals surface area contributed by atoms with Crippen LogP contribution in [0.25, 0.3) is 11.1 Å². The van der Waals surface area contributed by atoms with Crippen molar-refractivity contribution in [2.75, 3.05) is 0 Å². The molecule has 0 aliphatic carbocycles. The highest BCUT2D eigenvalue weighted by molar-refractivity contribution is 5.60. The monoisotopic (exact) mass is 630 g/mol. The summed E-state index contributed by atoms with van der Waals surface area (Å²) in [7, 11) is 2.06. The molecule has 0 unspecified atom stereocenters. The first kappa shape index (κ1) is 32.5. The molecule has 0 fully saturated rings. The summed E-state index contributed by atoms with van der Waals surface area (Å²) in [4.78, 5) is 0. The number of pyridine rings is 2. The molecular formula is C29H48BrIN2. The van der Waals surface area contributed by atoms with Gasteiger partial charge in [0.15, 0.2) is 24.8 Å². The molecule has 2 rings (SSSR count). The highest BCUT2D eigenvalue weighted by atomic mass is 127. The predicted octanol–water partition coefficient (Wildman–Crippen LogP) is 1.74. The Hall–Kier alpha value is -0.490. The van der Waals surface area contributed by atoms with Crippen molar-refractivity contribution in [1.29, 1.82) is 0 Å². The maximum absolute atomic E-state index is 2.33. The Bertz CT molecular complexity index is 673. The largest absolute Gasteiger partial charge is 1.00 e. The van der Waals surface area contributed by atoms with Crippen molar-refractivity contribution in [2.24, 2.45) is 7.05 Å². The first-order valence-electron chi connectivity index (χ1n) is 13.2. The smallest absolute Gasteiger partial charge is 0.169 e. The molecule has 2 aromatic rings. The Kier molecular flexibility index (Phi) is 21.7. The molecule has 0 aliphatic heterocycles. The van der Waals surface area contributed by atoms with Crippen molar-refractivity contribution in [1.82, 2.24) is 0 Å². The third-order valence-corrected chi connectivity index (χ3v) is 6.47. The van der Waals surface area contributed by atoms with Crippen LogP contribution in [0.4, 0.5) is 0 Å². The number of aromatic nitrogens is 2. The third-order valence-electron chi connectivity index (χ3n) is 6.47. The van der Waals surface area contributed by atoms with E-state index in [4.69, 9.17) is 0 Å². The number of aryl methyl sites for hydroxylation is 2. The van der Waals surface area contributed by atoms with Gasteiger partial charge in [-0.15, -0.1) is 0 Å². The van der Waals surface area contributed by atoms with E-state index in [0.29, 0.717) is 0 Å². The number of rotatable bonds is 18. The third kappa shape index (κ3) is 15.9. The molecule has 4 heteroatoms. The summed E-state index contributed by atoms with van der Waals surface area (Å²) in [6, 6.07) is 8.83. The number of halogens is 2. The summed E-state index contributed by atoms with van der Waals surface area (Å²) in [6.45, 7) is 3.44. The summed E-state index contributed by atoms with van der Waals surface area (Å²) >= 11 is 0. The minimum absolute atomic E-state index is 0. The first-order valence-corrected chi connectivity index (χ1v) is 13.2. The number of hydrogen-bond donors (Lipinski definition) is 0. The van der Waals surface area contributed by atoms with E-state index >= 15 is 0 Å². The lowest BCUT2D eigenvalue weighted by Gasteiger charge is -2.03. The molecule has 0 aromatic carbocycles. The summed E-state index contributed by atoms with van der Waals surface area (Å²) < 4.78 is 4.40. The van der Waals surface area contributed by atoms with E-state index in [1.807, 2.05) is 0 Å². The van der Waals surface area contributed by atoms with Crippen molar-refractivity contribution in [3.8, 4) is 11.1 Å². The maximum atomic E-state index is 2.33. The van der Waals surface area contributed by atoms with Crippen LogP contribution in [-0.4, -0.2) is 0 Å². The Morgan fingerprint density at radius 1 is 0.515 bits per heavy atom. The second-order valence-corrected chi connectivity index (χ2v) is 9.38. The van der Waals surface area contributed by atoms with Gasteiger partial charge in [-0.2, -0.15) is 0 Å². The van der Waals surface area contributed by atoms with Gasteiger partial charge in [0.25, 0.3) is 0 Å². The van der Waals surface area contributed by atoms with Gasteiger partial charge in [0, 0.05) is 30.7 Å². The lowest BCUT2D eigenvalue weighted by Crippen LogP contribution is -3.00. The van der Waals surface area contributed by atoms with Crippen LogP contribution in [0.1, 0.15) is 110 Å². The van der Waals surface area contributed by atoms with E-state index in [9.17, 15) is 0 Å². The zero-order valence-corrected chi connectivity index (χ0v) is 25.0. The van der Waals surface area contributed by atoms with E-state index in [1.165, 1.54) is 114 Å². The van der Waals surface area contributed by atoms with Gasteiger partial charge in [0.1, 0.15) is 13.6 Å². The summed E-state index contributed by atoms with van der Waals surface area (Å²) in [5, 5.41) is 0. The van der Waals surface area contributed by atoms with Gasteiger partial charge in [-0.25, -0.2) is 9.13 Å². The fraction of sp³-hybridized carbons (Fsp3) is 0.655. The summed E-state index contributed by atoms with van der Waals surface area (Å²) in [5.41, 5.74) is 2.58. The van der Waals surface area contributed by atoms with Crippen LogP contribution >= 0.6 is 0 Å². The molecule has 0 saturated heterocycles. The minimum atomic E-state index is 0. The molecule has 2 heterocycles. The molecule has 0 saturated carbocycles. The Balaban J connectivity index is 0.00000512. The predicted molar refractivity (Wildman–Crippen MR) is 133 cm³/mol. The Morgan fingerprint density at radius 2 is 0.848 bits per heavy atom. The summed E-state index contributed by atoms with van der Waals surface area (Å²) in [5.74, 6) is 0. The van der Waals surface area contributed by atoms with Crippen LogP contribution in [0, 0.1) is 0 Å². The second-order valence-electron chi connectivity index (χ2n) is 9.38. The quantitative estimate of drug-likeness (QED) is 0.135. The molecule has 0 aliphatic rings. The molecule has 0 N–H and O–H groups in total. The Labute approximate surface area is 232 Å². The molecule has 2 aromatic heterocycles.